The maximum atomic E-state index is 6.25. The number of nitrogens with one attached hydrogen (secondary N) is 1. The summed E-state index contributed by atoms with van der Waals surface area (Å²) < 4.78 is 20.7. The number of fused-ring (bicyclic) bond motifs is 3. The van der Waals surface area contributed by atoms with Crippen LogP contribution in [-0.2, 0) is 11.3 Å². The zero-order valence-corrected chi connectivity index (χ0v) is 20.1. The first kappa shape index (κ1) is 21.3. The number of anilines is 1. The van der Waals surface area contributed by atoms with Gasteiger partial charge >= 0.3 is 0 Å². The molecule has 2 aliphatic heterocycles. The van der Waals surface area contributed by atoms with Crippen LogP contribution in [0.2, 0.25) is 0 Å². The first-order valence-electron chi connectivity index (χ1n) is 10.9. The third-order valence-corrected chi connectivity index (χ3v) is 7.02. The highest BCUT2D eigenvalue weighted by Crippen LogP contribution is 2.34. The van der Waals surface area contributed by atoms with Gasteiger partial charge in [-0.2, -0.15) is 4.98 Å². The number of nitrogens with zero attached hydrogens (tertiary/aromatic N) is 3. The summed E-state index contributed by atoms with van der Waals surface area (Å²) in [6.45, 7) is 7.22. The van der Waals surface area contributed by atoms with Crippen molar-refractivity contribution in [1.82, 2.24) is 9.55 Å². The molecule has 3 heterocycles. The molecule has 32 heavy (non-hydrogen) atoms. The number of halogens is 1. The van der Waals surface area contributed by atoms with Gasteiger partial charge in [0.15, 0.2) is 17.0 Å². The molecular formula is C24H27BrN4O3. The second-order valence-corrected chi connectivity index (χ2v) is 9.07. The van der Waals surface area contributed by atoms with E-state index in [9.17, 15) is 0 Å². The van der Waals surface area contributed by atoms with Crippen molar-refractivity contribution in [2.24, 2.45) is 4.99 Å². The van der Waals surface area contributed by atoms with Gasteiger partial charge in [0.2, 0.25) is 5.95 Å². The molecule has 0 amide bonds. The van der Waals surface area contributed by atoms with Gasteiger partial charge in [0.1, 0.15) is 6.10 Å². The summed E-state index contributed by atoms with van der Waals surface area (Å²) in [4.78, 5) is 9.94. The largest absolute Gasteiger partial charge is 0.493 e. The van der Waals surface area contributed by atoms with Crippen molar-refractivity contribution in [3.8, 4) is 11.5 Å². The molecule has 2 aliphatic rings. The number of ether oxygens (including phenoxy) is 3. The van der Waals surface area contributed by atoms with Gasteiger partial charge in [-0.15, -0.1) is 0 Å². The number of hydrogen-bond acceptors (Lipinski definition) is 6. The standard InChI is InChI=1S/C24H27BrN4O3/c1-14-17(5-4-6-19(14)25)15(2)27-23-18-11-22(32-16-7-10-31-13-16)21(30-3)12-20(18)29-9-8-26-24(29)28-23/h4-6,11-12,15-16H,7-10,13H2,1-3H3,(H,26,27,28). The molecule has 0 spiro atoms. The number of hydrogen-bond donors (Lipinski definition) is 1. The van der Waals surface area contributed by atoms with E-state index < -0.39 is 0 Å². The van der Waals surface area contributed by atoms with Crippen molar-refractivity contribution in [2.45, 2.75) is 39.0 Å². The molecule has 5 rings (SSSR count). The topological polar surface area (TPSA) is 69.9 Å². The molecule has 0 radical (unpaired) electrons. The summed E-state index contributed by atoms with van der Waals surface area (Å²) in [5.74, 6) is 2.24. The predicted molar refractivity (Wildman–Crippen MR) is 127 cm³/mol. The van der Waals surface area contributed by atoms with Crippen molar-refractivity contribution in [1.29, 1.82) is 0 Å². The average Bonchev–Trinajstić information content (AvgIpc) is 3.47. The van der Waals surface area contributed by atoms with Gasteiger partial charge in [-0.05, 0) is 37.1 Å². The van der Waals surface area contributed by atoms with E-state index in [1.54, 1.807) is 7.11 Å². The number of benzene rings is 2. The lowest BCUT2D eigenvalue weighted by atomic mass is 10.0. The van der Waals surface area contributed by atoms with Crippen LogP contribution in [0.4, 0.5) is 5.95 Å². The molecule has 2 atom stereocenters. The summed E-state index contributed by atoms with van der Waals surface area (Å²) in [5.41, 5.74) is 4.09. The molecule has 3 aromatic rings. The highest BCUT2D eigenvalue weighted by molar-refractivity contribution is 9.10. The first-order valence-corrected chi connectivity index (χ1v) is 11.7. The molecule has 168 valence electrons. The average molecular weight is 499 g/mol. The Morgan fingerprint density at radius 3 is 2.97 bits per heavy atom. The van der Waals surface area contributed by atoms with Gasteiger partial charge in [0, 0.05) is 35.4 Å². The molecule has 1 aromatic heterocycles. The Morgan fingerprint density at radius 1 is 1.31 bits per heavy atom. The predicted octanol–water partition coefficient (Wildman–Crippen LogP) is 4.37. The fourth-order valence-electron chi connectivity index (χ4n) is 4.39. The zero-order valence-electron chi connectivity index (χ0n) is 18.5. The lowest BCUT2D eigenvalue weighted by Gasteiger charge is -2.18. The molecule has 2 unspecified atom stereocenters. The van der Waals surface area contributed by atoms with Crippen LogP contribution in [0.1, 0.15) is 30.5 Å². The Bertz CT molecular complexity index is 1230. The highest BCUT2D eigenvalue weighted by Gasteiger charge is 2.22. The highest BCUT2D eigenvalue weighted by atomic mass is 79.9. The molecule has 2 aromatic carbocycles. The van der Waals surface area contributed by atoms with Crippen molar-refractivity contribution in [3.05, 3.63) is 51.4 Å². The lowest BCUT2D eigenvalue weighted by molar-refractivity contribution is 0.139. The van der Waals surface area contributed by atoms with Gasteiger partial charge in [0.05, 0.1) is 31.9 Å². The number of rotatable bonds is 5. The van der Waals surface area contributed by atoms with E-state index in [1.807, 2.05) is 18.2 Å². The number of methoxy groups -OCH3 is 1. The first-order chi connectivity index (χ1) is 15.5. The third kappa shape index (κ3) is 3.86. The van der Waals surface area contributed by atoms with E-state index in [4.69, 9.17) is 24.2 Å². The van der Waals surface area contributed by atoms with Gasteiger partial charge in [-0.3, -0.25) is 4.99 Å². The minimum Gasteiger partial charge on any atom is -0.493 e. The second kappa shape index (κ2) is 8.75. The van der Waals surface area contributed by atoms with Crippen molar-refractivity contribution < 1.29 is 14.2 Å². The van der Waals surface area contributed by atoms with Crippen LogP contribution in [0.3, 0.4) is 0 Å². The Kier molecular flexibility index (Phi) is 5.82. The lowest BCUT2D eigenvalue weighted by Crippen LogP contribution is -2.19. The SMILES string of the molecule is COc1cc2c(cc1OC1CCOC1)c(=NC(C)c1cccc(Br)c1C)nc1n2CCN1. The van der Waals surface area contributed by atoms with Crippen LogP contribution < -0.4 is 20.3 Å². The molecule has 1 fully saturated rings. The fourth-order valence-corrected chi connectivity index (χ4v) is 4.77. The van der Waals surface area contributed by atoms with Crippen molar-refractivity contribution >= 4 is 32.8 Å². The van der Waals surface area contributed by atoms with E-state index in [1.165, 1.54) is 11.1 Å². The molecular weight excluding hydrogens is 472 g/mol. The summed E-state index contributed by atoms with van der Waals surface area (Å²) in [5, 5.41) is 4.32. The molecule has 1 N–H and O–H groups in total. The molecule has 1 saturated heterocycles. The molecule has 0 bridgehead atoms. The van der Waals surface area contributed by atoms with E-state index in [0.29, 0.717) is 23.6 Å². The van der Waals surface area contributed by atoms with Crippen molar-refractivity contribution in [2.75, 3.05) is 32.2 Å². The minimum atomic E-state index is -0.0534. The van der Waals surface area contributed by atoms with Crippen LogP contribution in [0.25, 0.3) is 10.9 Å². The summed E-state index contributed by atoms with van der Waals surface area (Å²) >= 11 is 3.64. The van der Waals surface area contributed by atoms with Crippen LogP contribution in [-0.4, -0.2) is 42.5 Å². The fraction of sp³-hybridized carbons (Fsp3) is 0.417. The van der Waals surface area contributed by atoms with Gasteiger partial charge in [0.25, 0.3) is 0 Å². The van der Waals surface area contributed by atoms with E-state index >= 15 is 0 Å². The summed E-state index contributed by atoms with van der Waals surface area (Å²) in [6, 6.07) is 10.2. The summed E-state index contributed by atoms with van der Waals surface area (Å²) in [6.07, 6.45) is 0.903. The molecule has 0 aliphatic carbocycles. The van der Waals surface area contributed by atoms with Crippen LogP contribution in [0.15, 0.2) is 39.8 Å². The summed E-state index contributed by atoms with van der Waals surface area (Å²) in [7, 11) is 1.67. The Morgan fingerprint density at radius 2 is 2.19 bits per heavy atom. The molecule has 0 saturated carbocycles. The van der Waals surface area contributed by atoms with Crippen LogP contribution in [0, 0.1) is 6.92 Å². The van der Waals surface area contributed by atoms with Crippen molar-refractivity contribution in [3.63, 3.8) is 0 Å². The minimum absolute atomic E-state index is 0.0293. The smallest absolute Gasteiger partial charge is 0.205 e. The monoisotopic (exact) mass is 498 g/mol. The quantitative estimate of drug-likeness (QED) is 0.565. The maximum Gasteiger partial charge on any atom is 0.205 e. The van der Waals surface area contributed by atoms with E-state index in [2.05, 4.69) is 51.8 Å². The molecule has 8 heteroatoms. The third-order valence-electron chi connectivity index (χ3n) is 6.16. The Labute approximate surface area is 195 Å². The Hall–Kier alpha value is -2.58. The van der Waals surface area contributed by atoms with Gasteiger partial charge in [-0.1, -0.05) is 28.1 Å². The second-order valence-electron chi connectivity index (χ2n) is 8.22. The van der Waals surface area contributed by atoms with Crippen LogP contribution in [0.5, 0.6) is 11.5 Å². The van der Waals surface area contributed by atoms with E-state index in [-0.39, 0.29) is 12.1 Å². The normalized spacial score (nSPS) is 19.1. The van der Waals surface area contributed by atoms with Crippen LogP contribution >= 0.6 is 15.9 Å². The van der Waals surface area contributed by atoms with Gasteiger partial charge < -0.3 is 24.1 Å². The zero-order chi connectivity index (χ0) is 22.2. The maximum absolute atomic E-state index is 6.25. The van der Waals surface area contributed by atoms with E-state index in [0.717, 1.165) is 47.4 Å². The van der Waals surface area contributed by atoms with Gasteiger partial charge in [-0.25, -0.2) is 0 Å². The molecule has 7 nitrogen and oxygen atoms in total. The Balaban J connectivity index is 1.68. The number of aromatic nitrogens is 2.